The SMILES string of the molecule is COC(=O)CNC(=O)CCCOc1ccc(C(=O)c2ccc(N=C=O)cc2)cc1. The second-order valence-electron chi connectivity index (χ2n) is 5.91. The number of benzene rings is 2. The zero-order valence-electron chi connectivity index (χ0n) is 15.8. The number of aliphatic imine (C=N–C) groups is 1. The van der Waals surface area contributed by atoms with Gasteiger partial charge >= 0.3 is 5.97 Å². The van der Waals surface area contributed by atoms with E-state index in [-0.39, 0.29) is 24.7 Å². The Morgan fingerprint density at radius 2 is 1.62 bits per heavy atom. The summed E-state index contributed by atoms with van der Waals surface area (Å²) in [6, 6.07) is 13.0. The van der Waals surface area contributed by atoms with E-state index in [4.69, 9.17) is 4.74 Å². The van der Waals surface area contributed by atoms with Gasteiger partial charge in [-0.2, -0.15) is 4.99 Å². The van der Waals surface area contributed by atoms with Crippen LogP contribution in [0.4, 0.5) is 5.69 Å². The summed E-state index contributed by atoms with van der Waals surface area (Å²) in [5, 5.41) is 2.45. The summed E-state index contributed by atoms with van der Waals surface area (Å²) in [4.78, 5) is 48.7. The molecule has 0 radical (unpaired) electrons. The zero-order chi connectivity index (χ0) is 21.1. The first-order valence-corrected chi connectivity index (χ1v) is 8.82. The first-order valence-electron chi connectivity index (χ1n) is 8.82. The van der Waals surface area contributed by atoms with Crippen LogP contribution in [0.5, 0.6) is 5.75 Å². The lowest BCUT2D eigenvalue weighted by Crippen LogP contribution is -2.30. The molecule has 0 unspecified atom stereocenters. The smallest absolute Gasteiger partial charge is 0.325 e. The molecule has 1 N–H and O–H groups in total. The normalized spacial score (nSPS) is 9.83. The van der Waals surface area contributed by atoms with Crippen molar-refractivity contribution in [2.45, 2.75) is 12.8 Å². The molecule has 2 aromatic rings. The molecule has 150 valence electrons. The highest BCUT2D eigenvalue weighted by Crippen LogP contribution is 2.18. The minimum atomic E-state index is -0.505. The Morgan fingerprint density at radius 3 is 2.21 bits per heavy atom. The van der Waals surface area contributed by atoms with Crippen molar-refractivity contribution >= 4 is 29.4 Å². The lowest BCUT2D eigenvalue weighted by atomic mass is 10.0. The molecular weight excluding hydrogens is 376 g/mol. The minimum absolute atomic E-state index is 0.154. The van der Waals surface area contributed by atoms with Crippen molar-refractivity contribution in [2.24, 2.45) is 4.99 Å². The van der Waals surface area contributed by atoms with E-state index in [1.807, 2.05) is 0 Å². The van der Waals surface area contributed by atoms with Crippen LogP contribution in [0.3, 0.4) is 0 Å². The van der Waals surface area contributed by atoms with Crippen LogP contribution in [0.2, 0.25) is 0 Å². The van der Waals surface area contributed by atoms with E-state index in [0.717, 1.165) is 0 Å². The molecule has 0 bridgehead atoms. The number of carbonyl (C=O) groups is 3. The van der Waals surface area contributed by atoms with Gasteiger partial charge in [0, 0.05) is 17.5 Å². The van der Waals surface area contributed by atoms with Crippen molar-refractivity contribution in [2.75, 3.05) is 20.3 Å². The van der Waals surface area contributed by atoms with E-state index < -0.39 is 5.97 Å². The summed E-state index contributed by atoms with van der Waals surface area (Å²) in [6.45, 7) is 0.163. The number of methoxy groups -OCH3 is 1. The van der Waals surface area contributed by atoms with Gasteiger partial charge in [-0.3, -0.25) is 14.4 Å². The number of nitrogens with one attached hydrogen (secondary N) is 1. The molecule has 0 saturated carbocycles. The van der Waals surface area contributed by atoms with E-state index in [9.17, 15) is 19.2 Å². The van der Waals surface area contributed by atoms with Gasteiger partial charge < -0.3 is 14.8 Å². The monoisotopic (exact) mass is 396 g/mol. The molecule has 0 aromatic heterocycles. The highest BCUT2D eigenvalue weighted by Gasteiger charge is 2.09. The molecule has 0 aliphatic carbocycles. The third kappa shape index (κ3) is 7.04. The number of hydrogen-bond acceptors (Lipinski definition) is 7. The fourth-order valence-corrected chi connectivity index (χ4v) is 2.36. The Kier molecular flexibility index (Phi) is 8.28. The van der Waals surface area contributed by atoms with Crippen LogP contribution in [0.1, 0.15) is 28.8 Å². The predicted molar refractivity (Wildman–Crippen MR) is 104 cm³/mol. The molecule has 0 fully saturated rings. The summed E-state index contributed by atoms with van der Waals surface area (Å²) in [7, 11) is 1.25. The van der Waals surface area contributed by atoms with Crippen molar-refractivity contribution in [1.29, 1.82) is 0 Å². The summed E-state index contributed by atoms with van der Waals surface area (Å²) >= 11 is 0. The number of ketones is 1. The van der Waals surface area contributed by atoms with Crippen LogP contribution in [0, 0.1) is 0 Å². The largest absolute Gasteiger partial charge is 0.494 e. The fourth-order valence-electron chi connectivity index (χ4n) is 2.36. The average Bonchev–Trinajstić information content (AvgIpc) is 2.75. The highest BCUT2D eigenvalue weighted by molar-refractivity contribution is 6.09. The quantitative estimate of drug-likeness (QED) is 0.217. The number of esters is 1. The van der Waals surface area contributed by atoms with Crippen molar-refractivity contribution in [3.63, 3.8) is 0 Å². The molecular formula is C21H20N2O6. The number of hydrogen-bond donors (Lipinski definition) is 1. The molecule has 0 aliphatic rings. The van der Waals surface area contributed by atoms with Gasteiger partial charge in [-0.1, -0.05) is 0 Å². The van der Waals surface area contributed by atoms with E-state index in [1.54, 1.807) is 48.5 Å². The zero-order valence-corrected chi connectivity index (χ0v) is 15.8. The van der Waals surface area contributed by atoms with Crippen molar-refractivity contribution < 1.29 is 28.7 Å². The van der Waals surface area contributed by atoms with Crippen LogP contribution in [-0.2, 0) is 19.1 Å². The standard InChI is InChI=1S/C21H20N2O6/c1-28-20(26)13-22-19(25)3-2-12-29-18-10-6-16(7-11-18)21(27)15-4-8-17(9-5-15)23-14-24/h4-11H,2-3,12-13H2,1H3,(H,22,25). The Balaban J connectivity index is 1.79. The topological polar surface area (TPSA) is 111 Å². The van der Waals surface area contributed by atoms with Gasteiger partial charge in [-0.15, -0.1) is 0 Å². The Labute approximate surface area is 167 Å². The molecule has 2 aromatic carbocycles. The molecule has 8 heteroatoms. The summed E-state index contributed by atoms with van der Waals surface area (Å²) in [5.74, 6) is -0.355. The number of rotatable bonds is 10. The number of nitrogens with zero attached hydrogens (tertiary/aromatic N) is 1. The molecule has 0 heterocycles. The molecule has 1 amide bonds. The van der Waals surface area contributed by atoms with Crippen LogP contribution in [-0.4, -0.2) is 44.0 Å². The van der Waals surface area contributed by atoms with Gasteiger partial charge in [0.05, 0.1) is 19.4 Å². The number of isocyanates is 1. The van der Waals surface area contributed by atoms with Crippen molar-refractivity contribution in [1.82, 2.24) is 5.32 Å². The van der Waals surface area contributed by atoms with Crippen LogP contribution < -0.4 is 10.1 Å². The lowest BCUT2D eigenvalue weighted by molar-refractivity contribution is -0.141. The summed E-state index contributed by atoms with van der Waals surface area (Å²) in [5.41, 5.74) is 1.40. The second-order valence-corrected chi connectivity index (χ2v) is 5.91. The molecule has 0 aliphatic heterocycles. The summed E-state index contributed by atoms with van der Waals surface area (Å²) < 4.78 is 9.99. The third-order valence-corrected chi connectivity index (χ3v) is 3.90. The highest BCUT2D eigenvalue weighted by atomic mass is 16.5. The van der Waals surface area contributed by atoms with E-state index in [1.165, 1.54) is 13.2 Å². The molecule has 0 spiro atoms. The second kappa shape index (κ2) is 11.2. The maximum Gasteiger partial charge on any atom is 0.325 e. The summed E-state index contributed by atoms with van der Waals surface area (Å²) in [6.07, 6.45) is 2.14. The Hall–Kier alpha value is -3.77. The Morgan fingerprint density at radius 1 is 1.00 bits per heavy atom. The number of ether oxygens (including phenoxy) is 2. The lowest BCUT2D eigenvalue weighted by Gasteiger charge is -2.08. The van der Waals surface area contributed by atoms with Crippen LogP contribution >= 0.6 is 0 Å². The van der Waals surface area contributed by atoms with Gasteiger partial charge in [-0.25, -0.2) is 4.79 Å². The third-order valence-electron chi connectivity index (χ3n) is 3.90. The van der Waals surface area contributed by atoms with E-state index in [0.29, 0.717) is 35.6 Å². The maximum absolute atomic E-state index is 12.5. The average molecular weight is 396 g/mol. The molecule has 0 saturated heterocycles. The van der Waals surface area contributed by atoms with E-state index in [2.05, 4.69) is 15.0 Å². The number of carbonyl (C=O) groups excluding carboxylic acids is 4. The van der Waals surface area contributed by atoms with Gasteiger partial charge in [0.15, 0.2) is 5.78 Å². The maximum atomic E-state index is 12.5. The van der Waals surface area contributed by atoms with Crippen LogP contribution in [0.25, 0.3) is 0 Å². The Bertz CT molecular complexity index is 900. The van der Waals surface area contributed by atoms with E-state index >= 15 is 0 Å². The minimum Gasteiger partial charge on any atom is -0.494 e. The van der Waals surface area contributed by atoms with Crippen molar-refractivity contribution in [3.05, 3.63) is 59.7 Å². The van der Waals surface area contributed by atoms with Gasteiger partial charge in [0.2, 0.25) is 12.0 Å². The first kappa shape index (κ1) is 21.5. The van der Waals surface area contributed by atoms with Gasteiger partial charge in [0.25, 0.3) is 0 Å². The van der Waals surface area contributed by atoms with Crippen molar-refractivity contribution in [3.8, 4) is 5.75 Å². The number of amides is 1. The molecule has 2 rings (SSSR count). The van der Waals surface area contributed by atoms with Gasteiger partial charge in [0.1, 0.15) is 12.3 Å². The molecule has 8 nitrogen and oxygen atoms in total. The molecule has 0 atom stereocenters. The fraction of sp³-hybridized carbons (Fsp3) is 0.238. The van der Waals surface area contributed by atoms with Gasteiger partial charge in [-0.05, 0) is 55.0 Å². The predicted octanol–water partition coefficient (Wildman–Crippen LogP) is 2.33. The molecule has 29 heavy (non-hydrogen) atoms. The first-order chi connectivity index (χ1) is 14.0. The van der Waals surface area contributed by atoms with Crippen LogP contribution in [0.15, 0.2) is 53.5 Å².